The first-order chi connectivity index (χ1) is 16.2. The second-order valence-electron chi connectivity index (χ2n) is 8.20. The highest BCUT2D eigenvalue weighted by Crippen LogP contribution is 2.32. The van der Waals surface area contributed by atoms with Gasteiger partial charge < -0.3 is 4.57 Å². The number of rotatable bonds is 4. The number of anilines is 1. The third-order valence-corrected chi connectivity index (χ3v) is 7.74. The first-order valence-corrected chi connectivity index (χ1v) is 12.2. The summed E-state index contributed by atoms with van der Waals surface area (Å²) >= 11 is 0. The number of halogens is 2. The molecule has 3 heterocycles. The third-order valence-electron chi connectivity index (χ3n) is 5.92. The Morgan fingerprint density at radius 1 is 1.06 bits per heavy atom. The Morgan fingerprint density at radius 3 is 2.53 bits per heavy atom. The van der Waals surface area contributed by atoms with Gasteiger partial charge in [0.05, 0.1) is 11.4 Å². The van der Waals surface area contributed by atoms with Gasteiger partial charge in [-0.2, -0.15) is 0 Å². The van der Waals surface area contributed by atoms with Gasteiger partial charge in [-0.05, 0) is 29.5 Å². The van der Waals surface area contributed by atoms with E-state index in [-0.39, 0.29) is 35.8 Å². The summed E-state index contributed by atoms with van der Waals surface area (Å²) in [5, 5.41) is 1.09. The van der Waals surface area contributed by atoms with Crippen LogP contribution in [-0.4, -0.2) is 35.3 Å². The molecule has 0 radical (unpaired) electrons. The highest BCUT2D eigenvalue weighted by Gasteiger charge is 2.31. The first-order valence-electron chi connectivity index (χ1n) is 10.6. The predicted octanol–water partition coefficient (Wildman–Crippen LogP) is 3.40. The number of hydrogen-bond donors (Lipinski definition) is 0. The van der Waals surface area contributed by atoms with E-state index >= 15 is 0 Å². The van der Waals surface area contributed by atoms with Gasteiger partial charge in [-0.3, -0.25) is 4.79 Å². The van der Waals surface area contributed by atoms with Gasteiger partial charge in [0.1, 0.15) is 11.6 Å². The van der Waals surface area contributed by atoms with E-state index in [0.29, 0.717) is 34.0 Å². The molecule has 2 aromatic heterocycles. The minimum absolute atomic E-state index is 0.0109. The van der Waals surface area contributed by atoms with Gasteiger partial charge in [0.25, 0.3) is 5.56 Å². The molecule has 0 saturated carbocycles. The number of aromatic nitrogens is 3. The summed E-state index contributed by atoms with van der Waals surface area (Å²) in [6, 6.07) is 10.4. The molecule has 1 aliphatic rings. The van der Waals surface area contributed by atoms with E-state index in [9.17, 15) is 22.0 Å². The quantitative estimate of drug-likeness (QED) is 0.445. The molecule has 0 bridgehead atoms. The van der Waals surface area contributed by atoms with E-state index in [1.54, 1.807) is 37.5 Å². The lowest BCUT2D eigenvalue weighted by Gasteiger charge is -2.18. The SMILES string of the molecule is Cn1cc(-c2nc(N3CCCS3(=O)=O)ncc2Cc2ccc(F)cc2F)c2ccccc2c1=O. The van der Waals surface area contributed by atoms with Gasteiger partial charge in [-0.15, -0.1) is 0 Å². The van der Waals surface area contributed by atoms with Crippen LogP contribution < -0.4 is 9.86 Å². The fourth-order valence-corrected chi connectivity index (χ4v) is 5.68. The molecule has 5 rings (SSSR count). The van der Waals surface area contributed by atoms with Crippen LogP contribution in [0.3, 0.4) is 0 Å². The van der Waals surface area contributed by atoms with Crippen LogP contribution in [0.2, 0.25) is 0 Å². The molecule has 1 fully saturated rings. The number of pyridine rings is 1. The molecule has 174 valence electrons. The zero-order valence-corrected chi connectivity index (χ0v) is 19.0. The Morgan fingerprint density at radius 2 is 1.82 bits per heavy atom. The van der Waals surface area contributed by atoms with Crippen LogP contribution in [0, 0.1) is 11.6 Å². The van der Waals surface area contributed by atoms with E-state index < -0.39 is 21.7 Å². The lowest BCUT2D eigenvalue weighted by molar-refractivity contribution is 0.574. The summed E-state index contributed by atoms with van der Waals surface area (Å²) in [7, 11) is -1.91. The van der Waals surface area contributed by atoms with Crippen molar-refractivity contribution in [1.82, 2.24) is 14.5 Å². The number of benzene rings is 2. The summed E-state index contributed by atoms with van der Waals surface area (Å²) in [6.45, 7) is 0.266. The van der Waals surface area contributed by atoms with E-state index in [0.717, 1.165) is 6.07 Å². The van der Waals surface area contributed by atoms with E-state index in [2.05, 4.69) is 9.97 Å². The topological polar surface area (TPSA) is 85.2 Å². The normalized spacial score (nSPS) is 15.2. The van der Waals surface area contributed by atoms with Crippen LogP contribution in [0.4, 0.5) is 14.7 Å². The van der Waals surface area contributed by atoms with Crippen molar-refractivity contribution < 1.29 is 17.2 Å². The molecule has 0 spiro atoms. The van der Waals surface area contributed by atoms with Crippen molar-refractivity contribution in [3.63, 3.8) is 0 Å². The Labute approximate surface area is 194 Å². The van der Waals surface area contributed by atoms with Gasteiger partial charge in [0.2, 0.25) is 16.0 Å². The maximum Gasteiger partial charge on any atom is 0.258 e. The average molecular weight is 483 g/mol. The Kier molecular flexibility index (Phi) is 5.40. The van der Waals surface area contributed by atoms with Crippen LogP contribution in [-0.2, 0) is 23.5 Å². The fraction of sp³-hybridized carbons (Fsp3) is 0.208. The van der Waals surface area contributed by atoms with Crippen molar-refractivity contribution in [3.8, 4) is 11.3 Å². The van der Waals surface area contributed by atoms with Crippen LogP contribution in [0.5, 0.6) is 0 Å². The number of aryl methyl sites for hydroxylation is 1. The standard InChI is InChI=1S/C24H20F2N4O3S/c1-29-14-20(18-5-2-3-6-19(18)23(29)31)22-16(11-15-7-8-17(25)12-21(15)26)13-27-24(28-22)30-9-4-10-34(30,32)33/h2-3,5-8,12-14H,4,9-11H2,1H3. The molecule has 10 heteroatoms. The van der Waals surface area contributed by atoms with Gasteiger partial charge in [0, 0.05) is 55.0 Å². The highest BCUT2D eigenvalue weighted by molar-refractivity contribution is 7.93. The molecule has 4 aromatic rings. The van der Waals surface area contributed by atoms with Crippen molar-refractivity contribution in [2.75, 3.05) is 16.6 Å². The van der Waals surface area contributed by atoms with Gasteiger partial charge in [-0.1, -0.05) is 24.3 Å². The Balaban J connectivity index is 1.75. The molecule has 0 unspecified atom stereocenters. The smallest absolute Gasteiger partial charge is 0.258 e. The van der Waals surface area contributed by atoms with E-state index in [1.165, 1.54) is 27.2 Å². The molecule has 0 amide bonds. The predicted molar refractivity (Wildman–Crippen MR) is 125 cm³/mol. The van der Waals surface area contributed by atoms with Crippen molar-refractivity contribution in [3.05, 3.63) is 88.0 Å². The molecule has 1 aliphatic heterocycles. The minimum Gasteiger partial charge on any atom is -0.317 e. The van der Waals surface area contributed by atoms with Crippen LogP contribution in [0.25, 0.3) is 22.0 Å². The van der Waals surface area contributed by atoms with Crippen LogP contribution in [0.1, 0.15) is 17.5 Å². The van der Waals surface area contributed by atoms with Crippen molar-refractivity contribution >= 4 is 26.7 Å². The highest BCUT2D eigenvalue weighted by atomic mass is 32.2. The number of hydrogen-bond acceptors (Lipinski definition) is 5. The molecular weight excluding hydrogens is 462 g/mol. The lowest BCUT2D eigenvalue weighted by Crippen LogP contribution is -2.27. The summed E-state index contributed by atoms with van der Waals surface area (Å²) in [5.41, 5.74) is 1.51. The molecule has 2 aromatic carbocycles. The Hall–Kier alpha value is -3.66. The Bertz CT molecular complexity index is 1600. The maximum atomic E-state index is 14.5. The largest absolute Gasteiger partial charge is 0.317 e. The first kappa shape index (κ1) is 22.1. The van der Waals surface area contributed by atoms with Crippen molar-refractivity contribution in [2.45, 2.75) is 12.8 Å². The lowest BCUT2D eigenvalue weighted by atomic mass is 9.98. The monoisotopic (exact) mass is 482 g/mol. The molecular formula is C24H20F2N4O3S. The fourth-order valence-electron chi connectivity index (χ4n) is 4.22. The molecule has 0 N–H and O–H groups in total. The van der Waals surface area contributed by atoms with Crippen molar-refractivity contribution in [2.24, 2.45) is 7.05 Å². The summed E-state index contributed by atoms with van der Waals surface area (Å²) in [6.07, 6.45) is 3.60. The van der Waals surface area contributed by atoms with Gasteiger partial charge in [-0.25, -0.2) is 31.5 Å². The van der Waals surface area contributed by atoms with Gasteiger partial charge >= 0.3 is 0 Å². The molecule has 7 nitrogen and oxygen atoms in total. The average Bonchev–Trinajstić information content (AvgIpc) is 3.17. The molecule has 0 atom stereocenters. The number of sulfonamides is 1. The van der Waals surface area contributed by atoms with Crippen LogP contribution in [0.15, 0.2) is 59.7 Å². The summed E-state index contributed by atoms with van der Waals surface area (Å²) in [4.78, 5) is 21.6. The van der Waals surface area contributed by atoms with Gasteiger partial charge in [0.15, 0.2) is 0 Å². The molecule has 0 aliphatic carbocycles. The third kappa shape index (κ3) is 3.83. The number of nitrogens with zero attached hydrogens (tertiary/aromatic N) is 4. The molecule has 34 heavy (non-hydrogen) atoms. The summed E-state index contributed by atoms with van der Waals surface area (Å²) < 4.78 is 55.5. The zero-order chi connectivity index (χ0) is 24.0. The molecule has 1 saturated heterocycles. The second kappa shape index (κ2) is 8.28. The zero-order valence-electron chi connectivity index (χ0n) is 18.2. The van der Waals surface area contributed by atoms with Crippen molar-refractivity contribution in [1.29, 1.82) is 0 Å². The van der Waals surface area contributed by atoms with E-state index in [4.69, 9.17) is 0 Å². The summed E-state index contributed by atoms with van der Waals surface area (Å²) in [5.74, 6) is -1.36. The second-order valence-corrected chi connectivity index (χ2v) is 10.2. The van der Waals surface area contributed by atoms with E-state index in [1.807, 2.05) is 0 Å². The maximum absolute atomic E-state index is 14.5. The van der Waals surface area contributed by atoms with Crippen LogP contribution >= 0.6 is 0 Å². The minimum atomic E-state index is -3.53. The number of fused-ring (bicyclic) bond motifs is 1.